The molecule has 0 aromatic rings. The van der Waals surface area contributed by atoms with Gasteiger partial charge in [0.1, 0.15) is 0 Å². The van der Waals surface area contributed by atoms with Crippen molar-refractivity contribution >= 4 is 5.91 Å². The van der Waals surface area contributed by atoms with Gasteiger partial charge in [0.25, 0.3) is 0 Å². The van der Waals surface area contributed by atoms with Gasteiger partial charge >= 0.3 is 0 Å². The molecule has 0 aromatic heterocycles. The van der Waals surface area contributed by atoms with Crippen LogP contribution in [0, 0.1) is 0 Å². The third-order valence-corrected chi connectivity index (χ3v) is 2.97. The first-order valence-corrected chi connectivity index (χ1v) is 6.37. The summed E-state index contributed by atoms with van der Waals surface area (Å²) < 4.78 is 10.7. The van der Waals surface area contributed by atoms with Crippen molar-refractivity contribution in [3.8, 4) is 0 Å². The Morgan fingerprint density at radius 1 is 1.59 bits per heavy atom. The van der Waals surface area contributed by atoms with E-state index in [0.29, 0.717) is 39.3 Å². The Morgan fingerprint density at radius 3 is 3.00 bits per heavy atom. The molecular weight excluding hydrogens is 220 g/mol. The second-order valence-electron chi connectivity index (χ2n) is 4.39. The molecular formula is C12H24N2O3. The molecule has 0 aromatic carbocycles. The van der Waals surface area contributed by atoms with Crippen molar-refractivity contribution in [3.63, 3.8) is 0 Å². The van der Waals surface area contributed by atoms with Crippen LogP contribution in [-0.4, -0.2) is 55.9 Å². The van der Waals surface area contributed by atoms with Crippen molar-refractivity contribution < 1.29 is 14.3 Å². The van der Waals surface area contributed by atoms with Gasteiger partial charge in [-0.25, -0.2) is 0 Å². The predicted octanol–water partition coefficient (Wildman–Crippen LogP) is 0.378. The van der Waals surface area contributed by atoms with Crippen molar-refractivity contribution in [2.75, 3.05) is 32.9 Å². The zero-order valence-electron chi connectivity index (χ0n) is 10.9. The van der Waals surface area contributed by atoms with E-state index in [1.54, 1.807) is 0 Å². The van der Waals surface area contributed by atoms with E-state index < -0.39 is 0 Å². The summed E-state index contributed by atoms with van der Waals surface area (Å²) in [6.45, 7) is 6.99. The van der Waals surface area contributed by atoms with Gasteiger partial charge in [0.2, 0.25) is 5.91 Å². The minimum atomic E-state index is -0.0120. The standard InChI is InChI=1S/C12H24N2O3/c1-3-16-6-4-5-12(15)14-8-11(7-13)17-9-10(14)2/h10-11H,3-9,13H2,1-2H3. The van der Waals surface area contributed by atoms with E-state index in [1.165, 1.54) is 0 Å². The summed E-state index contributed by atoms with van der Waals surface area (Å²) in [6, 6.07) is 0.150. The Morgan fingerprint density at radius 2 is 2.35 bits per heavy atom. The topological polar surface area (TPSA) is 64.8 Å². The molecule has 17 heavy (non-hydrogen) atoms. The number of amides is 1. The second kappa shape index (κ2) is 7.63. The molecule has 2 unspecified atom stereocenters. The maximum absolute atomic E-state index is 12.0. The van der Waals surface area contributed by atoms with E-state index in [-0.39, 0.29) is 18.1 Å². The quantitative estimate of drug-likeness (QED) is 0.686. The lowest BCUT2D eigenvalue weighted by atomic mass is 10.1. The molecule has 1 fully saturated rings. The van der Waals surface area contributed by atoms with Crippen LogP contribution in [-0.2, 0) is 14.3 Å². The number of hydrogen-bond acceptors (Lipinski definition) is 4. The molecule has 0 saturated carbocycles. The fourth-order valence-corrected chi connectivity index (χ4v) is 1.92. The summed E-state index contributed by atoms with van der Waals surface area (Å²) in [5.74, 6) is 0.180. The number of nitrogens with zero attached hydrogens (tertiary/aromatic N) is 1. The Kier molecular flexibility index (Phi) is 6.47. The van der Waals surface area contributed by atoms with Gasteiger partial charge in [0.15, 0.2) is 0 Å². The maximum atomic E-state index is 12.0. The first-order chi connectivity index (χ1) is 8.19. The zero-order valence-corrected chi connectivity index (χ0v) is 10.9. The van der Waals surface area contributed by atoms with Crippen LogP contribution in [0.5, 0.6) is 0 Å². The molecule has 1 saturated heterocycles. The Bertz CT molecular complexity index is 236. The second-order valence-corrected chi connectivity index (χ2v) is 4.39. The number of morpholine rings is 1. The summed E-state index contributed by atoms with van der Waals surface area (Å²) in [5.41, 5.74) is 5.57. The van der Waals surface area contributed by atoms with Crippen molar-refractivity contribution in [2.45, 2.75) is 38.8 Å². The number of hydrogen-bond donors (Lipinski definition) is 1. The van der Waals surface area contributed by atoms with E-state index in [2.05, 4.69) is 0 Å². The van der Waals surface area contributed by atoms with Gasteiger partial charge in [-0.1, -0.05) is 0 Å². The van der Waals surface area contributed by atoms with Crippen molar-refractivity contribution in [2.24, 2.45) is 5.73 Å². The predicted molar refractivity (Wildman–Crippen MR) is 65.7 cm³/mol. The molecule has 2 atom stereocenters. The van der Waals surface area contributed by atoms with Crippen LogP contribution >= 0.6 is 0 Å². The number of carbonyl (C=O) groups excluding carboxylic acids is 1. The molecule has 100 valence electrons. The monoisotopic (exact) mass is 244 g/mol. The van der Waals surface area contributed by atoms with Crippen molar-refractivity contribution in [3.05, 3.63) is 0 Å². The largest absolute Gasteiger partial charge is 0.382 e. The lowest BCUT2D eigenvalue weighted by Crippen LogP contribution is -2.52. The number of ether oxygens (including phenoxy) is 2. The van der Waals surface area contributed by atoms with Crippen LogP contribution in [0.4, 0.5) is 0 Å². The van der Waals surface area contributed by atoms with E-state index in [1.807, 2.05) is 18.7 Å². The van der Waals surface area contributed by atoms with E-state index in [0.717, 1.165) is 6.42 Å². The molecule has 0 spiro atoms. The van der Waals surface area contributed by atoms with Crippen molar-refractivity contribution in [1.82, 2.24) is 4.90 Å². The fraction of sp³-hybridized carbons (Fsp3) is 0.917. The van der Waals surface area contributed by atoms with Crippen molar-refractivity contribution in [1.29, 1.82) is 0 Å². The molecule has 1 aliphatic rings. The average molecular weight is 244 g/mol. The van der Waals surface area contributed by atoms with E-state index in [9.17, 15) is 4.79 Å². The summed E-state index contributed by atoms with van der Waals surface area (Å²) in [4.78, 5) is 13.9. The first-order valence-electron chi connectivity index (χ1n) is 6.37. The molecule has 0 radical (unpaired) electrons. The van der Waals surface area contributed by atoms with Crippen LogP contribution in [0.1, 0.15) is 26.7 Å². The van der Waals surface area contributed by atoms with Crippen LogP contribution in [0.15, 0.2) is 0 Å². The van der Waals surface area contributed by atoms with Crippen LogP contribution in [0.3, 0.4) is 0 Å². The highest BCUT2D eigenvalue weighted by Gasteiger charge is 2.28. The van der Waals surface area contributed by atoms with Gasteiger partial charge in [-0.15, -0.1) is 0 Å². The highest BCUT2D eigenvalue weighted by Crippen LogP contribution is 2.13. The highest BCUT2D eigenvalue weighted by atomic mass is 16.5. The van der Waals surface area contributed by atoms with Gasteiger partial charge in [-0.05, 0) is 20.3 Å². The van der Waals surface area contributed by atoms with Gasteiger partial charge in [0, 0.05) is 32.7 Å². The third-order valence-electron chi connectivity index (χ3n) is 2.97. The SMILES string of the molecule is CCOCCCC(=O)N1CC(CN)OCC1C. The minimum Gasteiger partial charge on any atom is -0.382 e. The minimum absolute atomic E-state index is 0.0120. The Labute approximate surface area is 103 Å². The lowest BCUT2D eigenvalue weighted by Gasteiger charge is -2.37. The van der Waals surface area contributed by atoms with Crippen LogP contribution < -0.4 is 5.73 Å². The molecule has 0 aliphatic carbocycles. The van der Waals surface area contributed by atoms with Gasteiger partial charge in [0.05, 0.1) is 18.8 Å². The number of carbonyl (C=O) groups is 1. The smallest absolute Gasteiger partial charge is 0.223 e. The summed E-state index contributed by atoms with van der Waals surface area (Å²) >= 11 is 0. The fourth-order valence-electron chi connectivity index (χ4n) is 1.92. The van der Waals surface area contributed by atoms with Crippen LogP contribution in [0.25, 0.3) is 0 Å². The average Bonchev–Trinajstić information content (AvgIpc) is 2.35. The van der Waals surface area contributed by atoms with Gasteiger partial charge in [-0.2, -0.15) is 0 Å². The summed E-state index contributed by atoms with van der Waals surface area (Å²) in [5, 5.41) is 0. The zero-order chi connectivity index (χ0) is 12.7. The molecule has 5 nitrogen and oxygen atoms in total. The van der Waals surface area contributed by atoms with Gasteiger partial charge in [-0.3, -0.25) is 4.79 Å². The molecule has 1 aliphatic heterocycles. The molecule has 2 N–H and O–H groups in total. The van der Waals surface area contributed by atoms with E-state index >= 15 is 0 Å². The number of rotatable bonds is 6. The van der Waals surface area contributed by atoms with E-state index in [4.69, 9.17) is 15.2 Å². The molecule has 1 rings (SSSR count). The first kappa shape index (κ1) is 14.4. The molecule has 1 amide bonds. The number of nitrogens with two attached hydrogens (primary N) is 1. The highest BCUT2D eigenvalue weighted by molar-refractivity contribution is 5.76. The molecule has 1 heterocycles. The molecule has 5 heteroatoms. The summed E-state index contributed by atoms with van der Waals surface area (Å²) in [7, 11) is 0. The Hall–Kier alpha value is -0.650. The summed E-state index contributed by atoms with van der Waals surface area (Å²) in [6.07, 6.45) is 1.31. The normalized spacial score (nSPS) is 25.0. The molecule has 0 bridgehead atoms. The Balaban J connectivity index is 2.32. The van der Waals surface area contributed by atoms with Gasteiger partial charge < -0.3 is 20.1 Å². The third kappa shape index (κ3) is 4.61. The maximum Gasteiger partial charge on any atom is 0.223 e. The lowest BCUT2D eigenvalue weighted by molar-refractivity contribution is -0.143. The van der Waals surface area contributed by atoms with Crippen LogP contribution in [0.2, 0.25) is 0 Å².